The second-order valence-corrected chi connectivity index (χ2v) is 3.78. The molecule has 0 bridgehead atoms. The lowest BCUT2D eigenvalue weighted by Crippen LogP contribution is -2.42. The molecule has 0 radical (unpaired) electrons. The lowest BCUT2D eigenvalue weighted by atomic mass is 10.1. The number of carboxylic acids is 1. The molecule has 0 aliphatic carbocycles. The van der Waals surface area contributed by atoms with Crippen LogP contribution in [0.5, 0.6) is 0 Å². The Morgan fingerprint density at radius 2 is 2.37 bits per heavy atom. The molecule has 2 heterocycles. The summed E-state index contributed by atoms with van der Waals surface area (Å²) in [6.45, 7) is 1.53. The summed E-state index contributed by atoms with van der Waals surface area (Å²) in [5, 5.41) is 14.8. The van der Waals surface area contributed by atoms with Crippen LogP contribution in [-0.4, -0.2) is 43.1 Å². The number of carbonyl (C=O) groups excluding carboxylic acids is 1. The highest BCUT2D eigenvalue weighted by atomic mass is 16.5. The van der Waals surface area contributed by atoms with Gasteiger partial charge in [0.05, 0.1) is 6.33 Å². The molecule has 9 nitrogen and oxygen atoms in total. The third-order valence-corrected chi connectivity index (χ3v) is 2.31. The molecule has 1 amide bonds. The van der Waals surface area contributed by atoms with Gasteiger partial charge in [0.2, 0.25) is 5.89 Å². The van der Waals surface area contributed by atoms with Gasteiger partial charge in [0.15, 0.2) is 0 Å². The Labute approximate surface area is 107 Å². The number of aryl methyl sites for hydroxylation is 1. The number of carboxylic acid groups (broad SMARTS) is 1. The Morgan fingerprint density at radius 3 is 2.89 bits per heavy atom. The predicted molar refractivity (Wildman–Crippen MR) is 60.2 cm³/mol. The number of hydrogen-bond acceptors (Lipinski definition) is 6. The average molecular weight is 265 g/mol. The van der Waals surface area contributed by atoms with E-state index >= 15 is 0 Å². The molecule has 0 saturated heterocycles. The van der Waals surface area contributed by atoms with E-state index in [-0.39, 0.29) is 18.1 Å². The molecule has 0 saturated carbocycles. The monoisotopic (exact) mass is 265 g/mol. The first-order valence-electron chi connectivity index (χ1n) is 5.37. The molecule has 0 spiro atoms. The Bertz CT molecular complexity index is 577. The molecule has 3 N–H and O–H groups in total. The fourth-order valence-electron chi connectivity index (χ4n) is 1.43. The van der Waals surface area contributed by atoms with Crippen molar-refractivity contribution in [1.82, 2.24) is 25.4 Å². The summed E-state index contributed by atoms with van der Waals surface area (Å²) in [6, 6.07) is -1.10. The van der Waals surface area contributed by atoms with Crippen LogP contribution in [-0.2, 0) is 11.2 Å². The van der Waals surface area contributed by atoms with Gasteiger partial charge >= 0.3 is 5.97 Å². The van der Waals surface area contributed by atoms with Gasteiger partial charge in [0.25, 0.3) is 11.7 Å². The van der Waals surface area contributed by atoms with Crippen molar-refractivity contribution in [3.8, 4) is 0 Å². The number of aliphatic carboxylic acids is 1. The number of nitrogens with zero attached hydrogens (tertiary/aromatic N) is 3. The van der Waals surface area contributed by atoms with Crippen LogP contribution in [0, 0.1) is 6.92 Å². The Morgan fingerprint density at radius 1 is 1.58 bits per heavy atom. The van der Waals surface area contributed by atoms with Crippen molar-refractivity contribution in [1.29, 1.82) is 0 Å². The zero-order valence-electron chi connectivity index (χ0n) is 9.95. The highest BCUT2D eigenvalue weighted by Crippen LogP contribution is 2.01. The van der Waals surface area contributed by atoms with Crippen molar-refractivity contribution < 1.29 is 19.2 Å². The van der Waals surface area contributed by atoms with Gasteiger partial charge in [-0.25, -0.2) is 9.78 Å². The third kappa shape index (κ3) is 3.15. The molecule has 2 aromatic rings. The topological polar surface area (TPSA) is 134 Å². The maximum atomic E-state index is 11.7. The molecule has 100 valence electrons. The Kier molecular flexibility index (Phi) is 3.55. The van der Waals surface area contributed by atoms with Crippen LogP contribution in [0.15, 0.2) is 17.0 Å². The van der Waals surface area contributed by atoms with E-state index < -0.39 is 17.9 Å². The Hall–Kier alpha value is -2.71. The molecule has 2 aromatic heterocycles. The smallest absolute Gasteiger partial charge is 0.326 e. The highest BCUT2D eigenvalue weighted by molar-refractivity contribution is 5.93. The van der Waals surface area contributed by atoms with Crippen LogP contribution in [0.3, 0.4) is 0 Å². The van der Waals surface area contributed by atoms with Crippen molar-refractivity contribution in [2.75, 3.05) is 0 Å². The van der Waals surface area contributed by atoms with Crippen LogP contribution in [0.4, 0.5) is 0 Å². The van der Waals surface area contributed by atoms with E-state index in [9.17, 15) is 9.59 Å². The summed E-state index contributed by atoms with van der Waals surface area (Å²) in [5.41, 5.74) is 0.594. The van der Waals surface area contributed by atoms with Gasteiger partial charge in [-0.3, -0.25) is 4.79 Å². The zero-order chi connectivity index (χ0) is 13.8. The van der Waals surface area contributed by atoms with Crippen molar-refractivity contribution in [2.24, 2.45) is 0 Å². The Balaban J connectivity index is 2.04. The maximum absolute atomic E-state index is 11.7. The molecule has 0 unspecified atom stereocenters. The molecule has 0 aromatic carbocycles. The SMILES string of the molecule is Cc1nc(C(=O)N[C@H](Cc2cnc[nH]2)C(=O)O)no1. The van der Waals surface area contributed by atoms with Crippen LogP contribution < -0.4 is 5.32 Å². The number of amides is 1. The number of aromatic nitrogens is 4. The summed E-state index contributed by atoms with van der Waals surface area (Å²) >= 11 is 0. The van der Waals surface area contributed by atoms with Gasteiger partial charge in [0.1, 0.15) is 6.04 Å². The van der Waals surface area contributed by atoms with Crippen LogP contribution in [0.2, 0.25) is 0 Å². The minimum Gasteiger partial charge on any atom is -0.480 e. The van der Waals surface area contributed by atoms with Gasteiger partial charge in [-0.2, -0.15) is 4.98 Å². The highest BCUT2D eigenvalue weighted by Gasteiger charge is 2.23. The summed E-state index contributed by atoms with van der Waals surface area (Å²) in [7, 11) is 0. The molecule has 2 rings (SSSR count). The third-order valence-electron chi connectivity index (χ3n) is 2.31. The van der Waals surface area contributed by atoms with Gasteiger partial charge < -0.3 is 19.9 Å². The number of H-pyrrole nitrogens is 1. The van der Waals surface area contributed by atoms with E-state index in [1.165, 1.54) is 19.4 Å². The second kappa shape index (κ2) is 5.29. The number of rotatable bonds is 5. The standard InChI is InChI=1S/C10H11N5O4/c1-5-13-8(15-19-5)9(16)14-7(10(17)18)2-6-3-11-4-12-6/h3-4,7H,2H2,1H3,(H,11,12)(H,14,16)(H,17,18)/t7-/m1/s1. The number of hydrogen-bond donors (Lipinski definition) is 3. The number of imidazole rings is 1. The lowest BCUT2D eigenvalue weighted by molar-refractivity contribution is -0.139. The van der Waals surface area contributed by atoms with E-state index in [0.717, 1.165) is 0 Å². The quantitative estimate of drug-likeness (QED) is 0.665. The molecular formula is C10H11N5O4. The average Bonchev–Trinajstić information content (AvgIpc) is 2.99. The van der Waals surface area contributed by atoms with E-state index in [1.54, 1.807) is 0 Å². The minimum atomic E-state index is -1.16. The lowest BCUT2D eigenvalue weighted by Gasteiger charge is -2.11. The zero-order valence-corrected chi connectivity index (χ0v) is 9.95. The van der Waals surface area contributed by atoms with Crippen molar-refractivity contribution in [3.05, 3.63) is 29.9 Å². The van der Waals surface area contributed by atoms with E-state index in [1.807, 2.05) is 0 Å². The predicted octanol–water partition coefficient (Wildman–Crippen LogP) is -0.473. The number of nitrogens with one attached hydrogen (secondary N) is 2. The van der Waals surface area contributed by atoms with Crippen molar-refractivity contribution in [3.63, 3.8) is 0 Å². The molecular weight excluding hydrogens is 254 g/mol. The summed E-state index contributed by atoms with van der Waals surface area (Å²) in [6.07, 6.45) is 3.00. The fraction of sp³-hybridized carbons (Fsp3) is 0.300. The van der Waals surface area contributed by atoms with Gasteiger partial charge in [-0.05, 0) is 0 Å². The van der Waals surface area contributed by atoms with Gasteiger partial charge in [-0.15, -0.1) is 0 Å². The van der Waals surface area contributed by atoms with Crippen LogP contribution in [0.1, 0.15) is 22.2 Å². The summed E-state index contributed by atoms with van der Waals surface area (Å²) in [5.74, 6) is -1.84. The van der Waals surface area contributed by atoms with E-state index in [0.29, 0.717) is 5.69 Å². The molecule has 1 atom stereocenters. The number of carbonyl (C=O) groups is 2. The molecule has 0 aliphatic heterocycles. The van der Waals surface area contributed by atoms with Gasteiger partial charge in [0, 0.05) is 25.2 Å². The van der Waals surface area contributed by atoms with Crippen molar-refractivity contribution >= 4 is 11.9 Å². The summed E-state index contributed by atoms with van der Waals surface area (Å²) < 4.78 is 4.65. The largest absolute Gasteiger partial charge is 0.480 e. The second-order valence-electron chi connectivity index (χ2n) is 3.78. The first-order valence-corrected chi connectivity index (χ1v) is 5.37. The number of aromatic amines is 1. The first kappa shape index (κ1) is 12.7. The van der Waals surface area contributed by atoms with E-state index in [4.69, 9.17) is 5.11 Å². The molecule has 0 fully saturated rings. The normalized spacial score (nSPS) is 12.1. The summed E-state index contributed by atoms with van der Waals surface area (Å²) in [4.78, 5) is 33.1. The first-order chi connectivity index (χ1) is 9.06. The van der Waals surface area contributed by atoms with Crippen LogP contribution in [0.25, 0.3) is 0 Å². The molecule has 9 heteroatoms. The molecule has 0 aliphatic rings. The fourth-order valence-corrected chi connectivity index (χ4v) is 1.43. The van der Waals surface area contributed by atoms with Crippen LogP contribution >= 0.6 is 0 Å². The molecule has 19 heavy (non-hydrogen) atoms. The minimum absolute atomic E-state index is 0.0813. The van der Waals surface area contributed by atoms with Crippen molar-refractivity contribution in [2.45, 2.75) is 19.4 Å². The van der Waals surface area contributed by atoms with E-state index in [2.05, 4.69) is 29.9 Å². The van der Waals surface area contributed by atoms with Gasteiger partial charge in [-0.1, -0.05) is 5.16 Å². The maximum Gasteiger partial charge on any atom is 0.326 e.